The van der Waals surface area contributed by atoms with Crippen LogP contribution in [0, 0.1) is 15.9 Å². The van der Waals surface area contributed by atoms with Crippen molar-refractivity contribution in [2.75, 3.05) is 0 Å². The van der Waals surface area contributed by atoms with Crippen molar-refractivity contribution in [1.82, 2.24) is 4.90 Å². The highest BCUT2D eigenvalue weighted by atomic mass is 35.5. The lowest BCUT2D eigenvalue weighted by Crippen LogP contribution is -2.35. The summed E-state index contributed by atoms with van der Waals surface area (Å²) >= 11 is 5.97. The van der Waals surface area contributed by atoms with Gasteiger partial charge in [-0.3, -0.25) is 14.9 Å². The Morgan fingerprint density at radius 2 is 1.44 bits per heavy atom. The summed E-state index contributed by atoms with van der Waals surface area (Å²) in [5.74, 6) is -0.792. The predicted octanol–water partition coefficient (Wildman–Crippen LogP) is 6.82. The third kappa shape index (κ3) is 5.13. The second-order valence-corrected chi connectivity index (χ2v) is 8.11. The maximum absolute atomic E-state index is 13.9. The Hall–Kier alpha value is -4.03. The monoisotopic (exact) mass is 474 g/mol. The van der Waals surface area contributed by atoms with E-state index in [0.29, 0.717) is 0 Å². The molecule has 0 unspecified atom stereocenters. The summed E-state index contributed by atoms with van der Waals surface area (Å²) in [6.07, 6.45) is 0. The molecule has 4 aromatic carbocycles. The van der Waals surface area contributed by atoms with Gasteiger partial charge in [-0.15, -0.1) is 0 Å². The van der Waals surface area contributed by atoms with Crippen molar-refractivity contribution in [2.45, 2.75) is 12.6 Å². The highest BCUT2D eigenvalue weighted by Crippen LogP contribution is 2.33. The second kappa shape index (κ2) is 10.3. The first-order valence-corrected chi connectivity index (χ1v) is 10.9. The maximum atomic E-state index is 13.9. The molecule has 1 amide bonds. The molecular weight excluding hydrogens is 455 g/mol. The van der Waals surface area contributed by atoms with Crippen molar-refractivity contribution >= 4 is 23.2 Å². The van der Waals surface area contributed by atoms with Crippen LogP contribution in [0.25, 0.3) is 0 Å². The van der Waals surface area contributed by atoms with Gasteiger partial charge in [-0.05, 0) is 41.0 Å². The van der Waals surface area contributed by atoms with Crippen molar-refractivity contribution in [3.05, 3.63) is 146 Å². The summed E-state index contributed by atoms with van der Waals surface area (Å²) in [5, 5.41) is 11.4. The van der Waals surface area contributed by atoms with Gasteiger partial charge in [-0.25, -0.2) is 4.39 Å². The Balaban J connectivity index is 1.85. The lowest BCUT2D eigenvalue weighted by atomic mass is 9.95. The Bertz CT molecular complexity index is 1260. The van der Waals surface area contributed by atoms with Crippen molar-refractivity contribution < 1.29 is 14.1 Å². The molecule has 4 rings (SSSR count). The summed E-state index contributed by atoms with van der Waals surface area (Å²) in [6.45, 7) is 0.157. The van der Waals surface area contributed by atoms with E-state index < -0.39 is 16.9 Å². The first kappa shape index (κ1) is 23.1. The molecule has 34 heavy (non-hydrogen) atoms. The van der Waals surface area contributed by atoms with E-state index in [1.54, 1.807) is 17.0 Å². The normalized spacial score (nSPS) is 10.8. The molecule has 0 aliphatic rings. The number of nitro groups is 1. The fourth-order valence-electron chi connectivity index (χ4n) is 3.84. The molecule has 0 aliphatic carbocycles. The number of amides is 1. The third-order valence-corrected chi connectivity index (χ3v) is 5.78. The van der Waals surface area contributed by atoms with Crippen LogP contribution in [0.2, 0.25) is 5.02 Å². The molecule has 0 N–H and O–H groups in total. The van der Waals surface area contributed by atoms with E-state index in [1.807, 2.05) is 60.7 Å². The minimum Gasteiger partial charge on any atom is -0.323 e. The molecule has 0 spiro atoms. The molecule has 0 aromatic heterocycles. The average molecular weight is 475 g/mol. The predicted molar refractivity (Wildman–Crippen MR) is 129 cm³/mol. The summed E-state index contributed by atoms with van der Waals surface area (Å²) in [4.78, 5) is 26.3. The molecule has 0 heterocycles. The Kier molecular flexibility index (Phi) is 6.99. The van der Waals surface area contributed by atoms with Crippen LogP contribution in [-0.4, -0.2) is 15.7 Å². The van der Waals surface area contributed by atoms with E-state index in [1.165, 1.54) is 30.3 Å². The lowest BCUT2D eigenvalue weighted by molar-refractivity contribution is -0.384. The first-order valence-electron chi connectivity index (χ1n) is 10.5. The van der Waals surface area contributed by atoms with Crippen LogP contribution < -0.4 is 0 Å². The van der Waals surface area contributed by atoms with Crippen LogP contribution in [0.4, 0.5) is 10.1 Å². The fraction of sp³-hybridized carbons (Fsp3) is 0.0741. The summed E-state index contributed by atoms with van der Waals surface area (Å²) in [6, 6.07) is 28.5. The lowest BCUT2D eigenvalue weighted by Gasteiger charge is -2.33. The number of benzene rings is 4. The molecule has 0 fully saturated rings. The minimum atomic E-state index is -0.616. The number of nitro benzene ring substituents is 1. The molecule has 0 saturated carbocycles. The molecule has 4 aromatic rings. The first-order chi connectivity index (χ1) is 16.4. The topological polar surface area (TPSA) is 63.4 Å². The van der Waals surface area contributed by atoms with Gasteiger partial charge in [0, 0.05) is 18.2 Å². The Morgan fingerprint density at radius 1 is 0.882 bits per heavy atom. The quantitative estimate of drug-likeness (QED) is 0.218. The number of rotatable bonds is 7. The van der Waals surface area contributed by atoms with Crippen LogP contribution in [-0.2, 0) is 6.54 Å². The molecule has 0 aliphatic heterocycles. The number of halogens is 2. The van der Waals surface area contributed by atoms with Crippen LogP contribution in [0.5, 0.6) is 0 Å². The zero-order valence-corrected chi connectivity index (χ0v) is 18.7. The number of hydrogen-bond donors (Lipinski definition) is 0. The molecule has 0 bridgehead atoms. The van der Waals surface area contributed by atoms with Crippen LogP contribution in [0.3, 0.4) is 0 Å². The molecule has 0 saturated heterocycles. The summed E-state index contributed by atoms with van der Waals surface area (Å²) < 4.78 is 13.5. The van der Waals surface area contributed by atoms with Crippen LogP contribution in [0.1, 0.15) is 33.1 Å². The minimum absolute atomic E-state index is 0.0469. The Labute approximate surface area is 201 Å². The second-order valence-electron chi connectivity index (χ2n) is 7.71. The molecular formula is C27H20ClFN2O3. The number of hydrogen-bond acceptors (Lipinski definition) is 3. The zero-order chi connectivity index (χ0) is 24.1. The van der Waals surface area contributed by atoms with Gasteiger partial charge in [-0.2, -0.15) is 0 Å². The summed E-state index contributed by atoms with van der Waals surface area (Å²) in [7, 11) is 0. The SMILES string of the molecule is O=C(c1ccc(Cl)c([N+](=O)[O-])c1)N(Cc1ccc(F)cc1)C(c1ccccc1)c1ccccc1. The van der Waals surface area contributed by atoms with E-state index in [0.717, 1.165) is 16.7 Å². The molecule has 170 valence electrons. The zero-order valence-electron chi connectivity index (χ0n) is 18.0. The number of nitrogens with zero attached hydrogens (tertiary/aromatic N) is 2. The summed E-state index contributed by atoms with van der Waals surface area (Å²) in [5.41, 5.74) is 2.25. The van der Waals surface area contributed by atoms with E-state index >= 15 is 0 Å². The standard InChI is InChI=1S/C27H20ClFN2O3/c28-24-16-13-22(17-25(24)31(33)34)27(32)30(18-19-11-14-23(29)15-12-19)26(20-7-3-1-4-8-20)21-9-5-2-6-10-21/h1-17,26H,18H2. The highest BCUT2D eigenvalue weighted by Gasteiger charge is 2.29. The van der Waals surface area contributed by atoms with E-state index in [2.05, 4.69) is 0 Å². The van der Waals surface area contributed by atoms with Crippen molar-refractivity contribution in [2.24, 2.45) is 0 Å². The molecule has 0 atom stereocenters. The van der Waals surface area contributed by atoms with E-state index in [-0.39, 0.29) is 28.6 Å². The van der Waals surface area contributed by atoms with Crippen LogP contribution in [0.15, 0.2) is 103 Å². The van der Waals surface area contributed by atoms with Gasteiger partial charge in [-0.1, -0.05) is 84.4 Å². The van der Waals surface area contributed by atoms with E-state index in [9.17, 15) is 19.3 Å². The van der Waals surface area contributed by atoms with Gasteiger partial charge in [0.25, 0.3) is 11.6 Å². The van der Waals surface area contributed by atoms with Gasteiger partial charge < -0.3 is 4.90 Å². The highest BCUT2D eigenvalue weighted by molar-refractivity contribution is 6.32. The van der Waals surface area contributed by atoms with Crippen LogP contribution >= 0.6 is 11.6 Å². The average Bonchev–Trinajstić information content (AvgIpc) is 2.86. The van der Waals surface area contributed by atoms with Gasteiger partial charge in [0.05, 0.1) is 11.0 Å². The van der Waals surface area contributed by atoms with Crippen molar-refractivity contribution in [3.63, 3.8) is 0 Å². The van der Waals surface area contributed by atoms with Gasteiger partial charge in [0.2, 0.25) is 0 Å². The maximum Gasteiger partial charge on any atom is 0.288 e. The number of carbonyl (C=O) groups excluding carboxylic acids is 1. The molecule has 7 heteroatoms. The molecule has 5 nitrogen and oxygen atoms in total. The molecule has 0 radical (unpaired) electrons. The van der Waals surface area contributed by atoms with Crippen molar-refractivity contribution in [3.8, 4) is 0 Å². The number of carbonyl (C=O) groups is 1. The largest absolute Gasteiger partial charge is 0.323 e. The van der Waals surface area contributed by atoms with Gasteiger partial charge in [0.1, 0.15) is 10.8 Å². The third-order valence-electron chi connectivity index (χ3n) is 5.46. The van der Waals surface area contributed by atoms with Gasteiger partial charge in [0.15, 0.2) is 0 Å². The Morgan fingerprint density at radius 3 is 1.97 bits per heavy atom. The fourth-order valence-corrected chi connectivity index (χ4v) is 4.03. The van der Waals surface area contributed by atoms with Gasteiger partial charge >= 0.3 is 0 Å². The van der Waals surface area contributed by atoms with Crippen molar-refractivity contribution in [1.29, 1.82) is 0 Å². The van der Waals surface area contributed by atoms with E-state index in [4.69, 9.17) is 11.6 Å². The smallest absolute Gasteiger partial charge is 0.288 e.